The number of rotatable bonds is 6. The second-order valence-corrected chi connectivity index (χ2v) is 5.93. The van der Waals surface area contributed by atoms with Crippen LogP contribution in [0.5, 0.6) is 11.5 Å². The lowest BCUT2D eigenvalue weighted by Crippen LogP contribution is -2.23. The fourth-order valence-corrected chi connectivity index (χ4v) is 3.14. The molecule has 1 aliphatic carbocycles. The first kappa shape index (κ1) is 13.7. The highest BCUT2D eigenvalue weighted by atomic mass is 16.5. The lowest BCUT2D eigenvalue weighted by atomic mass is 10.2. The van der Waals surface area contributed by atoms with E-state index in [2.05, 4.69) is 5.32 Å². The minimum absolute atomic E-state index is 0.426. The standard InChI is InChI=1S/C17H25NO2/c1-2-6-16(5-1)20-17-9-7-15(8-10-17)19-13-11-14-4-3-12-18-14/h7-10,14,16,18H,1-6,11-13H2. The van der Waals surface area contributed by atoms with Crippen molar-refractivity contribution in [2.24, 2.45) is 0 Å². The molecule has 1 heterocycles. The van der Waals surface area contributed by atoms with Crippen molar-refractivity contribution >= 4 is 0 Å². The molecular formula is C17H25NO2. The average Bonchev–Trinajstić information content (AvgIpc) is 3.14. The predicted molar refractivity (Wildman–Crippen MR) is 80.5 cm³/mol. The molecule has 2 fully saturated rings. The van der Waals surface area contributed by atoms with Gasteiger partial charge in [0.2, 0.25) is 0 Å². The van der Waals surface area contributed by atoms with E-state index in [1.165, 1.54) is 38.5 Å². The Morgan fingerprint density at radius 3 is 2.40 bits per heavy atom. The summed E-state index contributed by atoms with van der Waals surface area (Å²) in [4.78, 5) is 0. The molecule has 0 spiro atoms. The third kappa shape index (κ3) is 3.89. The fraction of sp³-hybridized carbons (Fsp3) is 0.647. The number of ether oxygens (including phenoxy) is 2. The maximum Gasteiger partial charge on any atom is 0.119 e. The van der Waals surface area contributed by atoms with E-state index in [0.717, 1.165) is 31.1 Å². The third-order valence-electron chi connectivity index (χ3n) is 4.33. The van der Waals surface area contributed by atoms with Gasteiger partial charge >= 0.3 is 0 Å². The molecule has 1 aromatic rings. The molecule has 3 nitrogen and oxygen atoms in total. The van der Waals surface area contributed by atoms with Gasteiger partial charge in [-0.1, -0.05) is 0 Å². The van der Waals surface area contributed by atoms with Gasteiger partial charge in [-0.25, -0.2) is 0 Å². The van der Waals surface area contributed by atoms with Crippen LogP contribution in [-0.4, -0.2) is 25.3 Å². The first-order chi connectivity index (χ1) is 9.90. The Morgan fingerprint density at radius 1 is 0.950 bits per heavy atom. The Balaban J connectivity index is 1.41. The molecule has 1 N–H and O–H groups in total. The van der Waals surface area contributed by atoms with Gasteiger partial charge in [-0.05, 0) is 75.8 Å². The van der Waals surface area contributed by atoms with E-state index in [1.54, 1.807) is 0 Å². The Labute approximate surface area is 121 Å². The summed E-state index contributed by atoms with van der Waals surface area (Å²) in [5.74, 6) is 1.92. The van der Waals surface area contributed by atoms with E-state index in [0.29, 0.717) is 12.1 Å². The van der Waals surface area contributed by atoms with Crippen LogP contribution < -0.4 is 14.8 Å². The molecule has 2 aliphatic rings. The minimum atomic E-state index is 0.426. The van der Waals surface area contributed by atoms with Gasteiger partial charge in [0.1, 0.15) is 11.5 Å². The van der Waals surface area contributed by atoms with Gasteiger partial charge in [0.15, 0.2) is 0 Å². The molecule has 0 aromatic heterocycles. The highest BCUT2D eigenvalue weighted by Crippen LogP contribution is 2.25. The van der Waals surface area contributed by atoms with Crippen LogP contribution in [-0.2, 0) is 0 Å². The summed E-state index contributed by atoms with van der Waals surface area (Å²) in [7, 11) is 0. The van der Waals surface area contributed by atoms with Gasteiger partial charge in [0.05, 0.1) is 12.7 Å². The summed E-state index contributed by atoms with van der Waals surface area (Å²) < 4.78 is 11.7. The van der Waals surface area contributed by atoms with E-state index in [-0.39, 0.29) is 0 Å². The summed E-state index contributed by atoms with van der Waals surface area (Å²) in [5, 5.41) is 3.49. The van der Waals surface area contributed by atoms with Crippen molar-refractivity contribution < 1.29 is 9.47 Å². The van der Waals surface area contributed by atoms with Crippen molar-refractivity contribution in [3.8, 4) is 11.5 Å². The Bertz CT molecular complexity index is 392. The second-order valence-electron chi connectivity index (χ2n) is 5.93. The Morgan fingerprint density at radius 2 is 1.70 bits per heavy atom. The maximum absolute atomic E-state index is 5.95. The van der Waals surface area contributed by atoms with Crippen LogP contribution in [0, 0.1) is 0 Å². The van der Waals surface area contributed by atoms with Crippen LogP contribution in [0.4, 0.5) is 0 Å². The minimum Gasteiger partial charge on any atom is -0.494 e. The lowest BCUT2D eigenvalue weighted by molar-refractivity contribution is 0.209. The van der Waals surface area contributed by atoms with Crippen LogP contribution in [0.25, 0.3) is 0 Å². The second kappa shape index (κ2) is 6.98. The lowest BCUT2D eigenvalue weighted by Gasteiger charge is -2.14. The highest BCUT2D eigenvalue weighted by Gasteiger charge is 2.16. The van der Waals surface area contributed by atoms with Crippen LogP contribution in [0.15, 0.2) is 24.3 Å². The van der Waals surface area contributed by atoms with Crippen LogP contribution >= 0.6 is 0 Å². The molecule has 1 aromatic carbocycles. The zero-order valence-corrected chi connectivity index (χ0v) is 12.1. The molecule has 0 radical (unpaired) electrons. The van der Waals surface area contributed by atoms with Crippen LogP contribution in [0.2, 0.25) is 0 Å². The van der Waals surface area contributed by atoms with Crippen molar-refractivity contribution in [2.75, 3.05) is 13.2 Å². The molecule has 1 saturated carbocycles. The summed E-state index contributed by atoms with van der Waals surface area (Å²) in [6.45, 7) is 1.96. The summed E-state index contributed by atoms with van der Waals surface area (Å²) in [6.07, 6.45) is 9.13. The molecule has 0 bridgehead atoms. The quantitative estimate of drug-likeness (QED) is 0.861. The molecule has 1 unspecified atom stereocenters. The molecular weight excluding hydrogens is 250 g/mol. The third-order valence-corrected chi connectivity index (χ3v) is 4.33. The SMILES string of the molecule is c1cc(OC2CCCC2)ccc1OCCC1CCCN1. The van der Waals surface area contributed by atoms with Gasteiger partial charge in [0.25, 0.3) is 0 Å². The van der Waals surface area contributed by atoms with Gasteiger partial charge < -0.3 is 14.8 Å². The summed E-state index contributed by atoms with van der Waals surface area (Å²) in [6, 6.07) is 8.75. The first-order valence-corrected chi connectivity index (χ1v) is 8.03. The van der Waals surface area contributed by atoms with E-state index < -0.39 is 0 Å². The van der Waals surface area contributed by atoms with Crippen molar-refractivity contribution in [2.45, 2.75) is 57.1 Å². The van der Waals surface area contributed by atoms with Crippen molar-refractivity contribution in [3.05, 3.63) is 24.3 Å². The van der Waals surface area contributed by atoms with Gasteiger partial charge in [-0.15, -0.1) is 0 Å². The van der Waals surface area contributed by atoms with Crippen molar-refractivity contribution in [1.29, 1.82) is 0 Å². The smallest absolute Gasteiger partial charge is 0.119 e. The van der Waals surface area contributed by atoms with Crippen molar-refractivity contribution in [1.82, 2.24) is 5.32 Å². The number of hydrogen-bond donors (Lipinski definition) is 1. The normalized spacial score (nSPS) is 23.1. The molecule has 1 saturated heterocycles. The van der Waals surface area contributed by atoms with Gasteiger partial charge in [-0.3, -0.25) is 0 Å². The molecule has 20 heavy (non-hydrogen) atoms. The fourth-order valence-electron chi connectivity index (χ4n) is 3.14. The van der Waals surface area contributed by atoms with E-state index in [4.69, 9.17) is 9.47 Å². The number of hydrogen-bond acceptors (Lipinski definition) is 3. The Hall–Kier alpha value is -1.22. The average molecular weight is 275 g/mol. The van der Waals surface area contributed by atoms with E-state index >= 15 is 0 Å². The topological polar surface area (TPSA) is 30.5 Å². The van der Waals surface area contributed by atoms with Crippen LogP contribution in [0.1, 0.15) is 44.9 Å². The first-order valence-electron chi connectivity index (χ1n) is 8.03. The molecule has 0 amide bonds. The number of benzene rings is 1. The van der Waals surface area contributed by atoms with Gasteiger partial charge in [-0.2, -0.15) is 0 Å². The molecule has 3 rings (SSSR count). The Kier molecular flexibility index (Phi) is 4.80. The largest absolute Gasteiger partial charge is 0.494 e. The van der Waals surface area contributed by atoms with E-state index in [1.807, 2.05) is 24.3 Å². The van der Waals surface area contributed by atoms with Gasteiger partial charge in [0, 0.05) is 6.04 Å². The highest BCUT2D eigenvalue weighted by molar-refractivity contribution is 5.31. The van der Waals surface area contributed by atoms with Crippen molar-refractivity contribution in [3.63, 3.8) is 0 Å². The zero-order chi connectivity index (χ0) is 13.6. The molecule has 110 valence electrons. The van der Waals surface area contributed by atoms with E-state index in [9.17, 15) is 0 Å². The zero-order valence-electron chi connectivity index (χ0n) is 12.1. The predicted octanol–water partition coefficient (Wildman–Crippen LogP) is 3.53. The van der Waals surface area contributed by atoms with Crippen LogP contribution in [0.3, 0.4) is 0 Å². The molecule has 1 aliphatic heterocycles. The summed E-state index contributed by atoms with van der Waals surface area (Å²) in [5.41, 5.74) is 0. The maximum atomic E-state index is 5.95. The number of nitrogens with one attached hydrogen (secondary N) is 1. The monoisotopic (exact) mass is 275 g/mol. The molecule has 1 atom stereocenters. The summed E-state index contributed by atoms with van der Waals surface area (Å²) >= 11 is 0. The molecule has 3 heteroatoms.